The number of hydrogen-bond donors (Lipinski definition) is 1. The Morgan fingerprint density at radius 2 is 1.92 bits per heavy atom. The van der Waals surface area contributed by atoms with Crippen molar-refractivity contribution in [3.63, 3.8) is 0 Å². The van der Waals surface area contributed by atoms with Gasteiger partial charge in [0.2, 0.25) is 5.95 Å². The molecule has 1 heterocycles. The van der Waals surface area contributed by atoms with E-state index in [4.69, 9.17) is 11.6 Å². The van der Waals surface area contributed by atoms with Gasteiger partial charge in [0, 0.05) is 23.3 Å². The summed E-state index contributed by atoms with van der Waals surface area (Å²) < 4.78 is 15.2. The number of aromatic nitrogens is 2. The van der Waals surface area contributed by atoms with E-state index in [0.29, 0.717) is 16.4 Å². The van der Waals surface area contributed by atoms with E-state index in [0.717, 1.165) is 21.4 Å². The van der Waals surface area contributed by atoms with Crippen molar-refractivity contribution in [2.75, 3.05) is 5.32 Å². The molecule has 0 aliphatic carbocycles. The normalized spacial score (nSPS) is 10.8. The van der Waals surface area contributed by atoms with Crippen LogP contribution in [0.1, 0.15) is 21.6 Å². The average Bonchev–Trinajstić information content (AvgIpc) is 2.83. The van der Waals surface area contributed by atoms with Gasteiger partial charge in [-0.2, -0.15) is 9.49 Å². The summed E-state index contributed by atoms with van der Waals surface area (Å²) in [4.78, 5) is 12.5. The third-order valence-electron chi connectivity index (χ3n) is 4.04. The minimum absolute atomic E-state index is 0.0563. The van der Waals surface area contributed by atoms with Gasteiger partial charge >= 0.3 is 0 Å². The highest BCUT2D eigenvalue weighted by atomic mass is 35.5. The molecule has 128 valence electrons. The summed E-state index contributed by atoms with van der Waals surface area (Å²) >= 11 is 6.21. The number of carbonyl (C=O) groups is 1. The Balaban J connectivity index is 1.99. The molecular weight excluding hydrogens is 341 g/mol. The first-order valence-electron chi connectivity index (χ1n) is 7.74. The van der Waals surface area contributed by atoms with E-state index >= 15 is 0 Å². The van der Waals surface area contributed by atoms with Crippen LogP contribution in [0.5, 0.6) is 0 Å². The number of nitrogens with zero attached hydrogens (tertiary/aromatic N) is 2. The van der Waals surface area contributed by atoms with E-state index < -0.39 is 11.9 Å². The zero-order valence-electron chi connectivity index (χ0n) is 14.1. The van der Waals surface area contributed by atoms with Crippen LogP contribution < -0.4 is 5.32 Å². The number of anilines is 1. The molecule has 1 N–H and O–H groups in total. The second-order valence-corrected chi connectivity index (χ2v) is 6.25. The number of carbonyl (C=O) groups excluding carboxylic acids is 1. The number of rotatable bonds is 3. The Kier molecular flexibility index (Phi) is 4.59. The summed E-state index contributed by atoms with van der Waals surface area (Å²) in [6.07, 6.45) is 0. The Labute approximate surface area is 150 Å². The van der Waals surface area contributed by atoms with Crippen molar-refractivity contribution < 1.29 is 9.18 Å². The fourth-order valence-electron chi connectivity index (χ4n) is 2.68. The summed E-state index contributed by atoms with van der Waals surface area (Å²) in [7, 11) is 1.46. The van der Waals surface area contributed by atoms with Crippen LogP contribution in [-0.4, -0.2) is 15.7 Å². The minimum atomic E-state index is -0.661. The molecule has 0 unspecified atom stereocenters. The largest absolute Gasteiger partial charge is 0.321 e. The third-order valence-corrected chi connectivity index (χ3v) is 4.44. The number of benzene rings is 2. The van der Waals surface area contributed by atoms with Gasteiger partial charge in [-0.25, -0.2) is 4.68 Å². The van der Waals surface area contributed by atoms with E-state index in [9.17, 15) is 9.18 Å². The molecule has 0 aliphatic rings. The highest BCUT2D eigenvalue weighted by Gasteiger charge is 2.21. The second kappa shape index (κ2) is 6.69. The summed E-state index contributed by atoms with van der Waals surface area (Å²) in [5.74, 6) is -1.19. The van der Waals surface area contributed by atoms with E-state index in [1.807, 2.05) is 37.3 Å². The van der Waals surface area contributed by atoms with E-state index in [1.54, 1.807) is 19.1 Å². The van der Waals surface area contributed by atoms with Gasteiger partial charge in [-0.15, -0.1) is 0 Å². The van der Waals surface area contributed by atoms with Gasteiger partial charge in [0.25, 0.3) is 5.91 Å². The lowest BCUT2D eigenvalue weighted by atomic mass is 10.0. The molecule has 2 aromatic carbocycles. The van der Waals surface area contributed by atoms with Crippen LogP contribution in [0.25, 0.3) is 11.1 Å². The smallest absolute Gasteiger partial charge is 0.262 e. The van der Waals surface area contributed by atoms with Crippen LogP contribution in [0.15, 0.2) is 42.5 Å². The number of para-hydroxylation sites is 1. The monoisotopic (exact) mass is 357 g/mol. The van der Waals surface area contributed by atoms with Gasteiger partial charge in [-0.3, -0.25) is 4.79 Å². The lowest BCUT2D eigenvalue weighted by molar-refractivity contribution is 0.102. The predicted molar refractivity (Wildman–Crippen MR) is 97.5 cm³/mol. The van der Waals surface area contributed by atoms with Gasteiger partial charge in [0.05, 0.1) is 5.69 Å². The van der Waals surface area contributed by atoms with Gasteiger partial charge in [-0.1, -0.05) is 41.9 Å². The first kappa shape index (κ1) is 17.2. The van der Waals surface area contributed by atoms with Crippen molar-refractivity contribution in [2.45, 2.75) is 13.8 Å². The second-order valence-electron chi connectivity index (χ2n) is 5.84. The molecule has 4 nitrogen and oxygen atoms in total. The number of aryl methyl sites for hydroxylation is 3. The molecule has 0 fully saturated rings. The average molecular weight is 358 g/mol. The van der Waals surface area contributed by atoms with Crippen LogP contribution in [0.3, 0.4) is 0 Å². The Morgan fingerprint density at radius 3 is 2.56 bits per heavy atom. The first-order valence-corrected chi connectivity index (χ1v) is 8.12. The van der Waals surface area contributed by atoms with E-state index in [-0.39, 0.29) is 5.56 Å². The zero-order valence-corrected chi connectivity index (χ0v) is 14.9. The molecule has 1 amide bonds. The standard InChI is InChI=1S/C19H17ClFN3O/c1-11-8-9-13(10-15(11)20)14-6-4-5-7-16(14)22-19(25)17-12(2)23-24(3)18(17)21/h4-10H,1-3H3,(H,22,25). The van der Waals surface area contributed by atoms with Gasteiger partial charge in [0.1, 0.15) is 5.56 Å². The zero-order chi connectivity index (χ0) is 18.1. The maximum absolute atomic E-state index is 14.1. The Hall–Kier alpha value is -2.66. The molecule has 0 saturated heterocycles. The van der Waals surface area contributed by atoms with Crippen LogP contribution in [0.4, 0.5) is 10.1 Å². The molecule has 0 radical (unpaired) electrons. The summed E-state index contributed by atoms with van der Waals surface area (Å²) in [6, 6.07) is 13.0. The van der Waals surface area contributed by atoms with Crippen LogP contribution in [-0.2, 0) is 7.05 Å². The van der Waals surface area contributed by atoms with Gasteiger partial charge in [-0.05, 0) is 37.1 Å². The molecule has 0 aliphatic heterocycles. The summed E-state index contributed by atoms with van der Waals surface area (Å²) in [5, 5.41) is 7.36. The highest BCUT2D eigenvalue weighted by Crippen LogP contribution is 2.31. The highest BCUT2D eigenvalue weighted by molar-refractivity contribution is 6.31. The summed E-state index contributed by atoms with van der Waals surface area (Å²) in [5.41, 5.74) is 3.51. The number of nitrogens with one attached hydrogen (secondary N) is 1. The molecule has 1 aromatic heterocycles. The van der Waals surface area contributed by atoms with Crippen LogP contribution in [0, 0.1) is 19.8 Å². The third kappa shape index (κ3) is 3.28. The predicted octanol–water partition coefficient (Wildman–Crippen LogP) is 4.75. The van der Waals surface area contributed by atoms with E-state index in [2.05, 4.69) is 10.4 Å². The molecule has 3 aromatic rings. The lowest BCUT2D eigenvalue weighted by Crippen LogP contribution is -2.15. The molecular formula is C19H17ClFN3O. The molecule has 6 heteroatoms. The van der Waals surface area contributed by atoms with Gasteiger partial charge in [0.15, 0.2) is 0 Å². The maximum Gasteiger partial charge on any atom is 0.262 e. The molecule has 0 atom stereocenters. The SMILES string of the molecule is Cc1ccc(-c2ccccc2NC(=O)c2c(C)nn(C)c2F)cc1Cl. The molecule has 0 spiro atoms. The quantitative estimate of drug-likeness (QED) is 0.735. The molecule has 25 heavy (non-hydrogen) atoms. The lowest BCUT2D eigenvalue weighted by Gasteiger charge is -2.12. The Morgan fingerprint density at radius 1 is 1.20 bits per heavy atom. The first-order chi connectivity index (χ1) is 11.9. The topological polar surface area (TPSA) is 46.9 Å². The van der Waals surface area contributed by atoms with Crippen molar-refractivity contribution in [3.05, 3.63) is 70.3 Å². The summed E-state index contributed by atoms with van der Waals surface area (Å²) in [6.45, 7) is 3.53. The van der Waals surface area contributed by atoms with Gasteiger partial charge < -0.3 is 5.32 Å². The van der Waals surface area contributed by atoms with E-state index in [1.165, 1.54) is 7.05 Å². The minimum Gasteiger partial charge on any atom is -0.321 e. The fraction of sp³-hybridized carbons (Fsp3) is 0.158. The Bertz CT molecular complexity index is 965. The number of amides is 1. The van der Waals surface area contributed by atoms with Crippen molar-refractivity contribution in [2.24, 2.45) is 7.05 Å². The van der Waals surface area contributed by atoms with Crippen molar-refractivity contribution >= 4 is 23.2 Å². The molecule has 3 rings (SSSR count). The number of halogens is 2. The maximum atomic E-state index is 14.1. The van der Waals surface area contributed by atoms with Crippen molar-refractivity contribution in [1.29, 1.82) is 0 Å². The molecule has 0 bridgehead atoms. The number of hydrogen-bond acceptors (Lipinski definition) is 2. The van der Waals surface area contributed by atoms with Crippen LogP contribution in [0.2, 0.25) is 5.02 Å². The fourth-order valence-corrected chi connectivity index (χ4v) is 2.86. The van der Waals surface area contributed by atoms with Crippen molar-refractivity contribution in [1.82, 2.24) is 9.78 Å². The van der Waals surface area contributed by atoms with Crippen LogP contribution >= 0.6 is 11.6 Å². The molecule has 0 saturated carbocycles. The van der Waals surface area contributed by atoms with Crippen molar-refractivity contribution in [3.8, 4) is 11.1 Å².